The fraction of sp³-hybridized carbons (Fsp3) is 0.261. The SMILES string of the molecule is COc1cccc(NC(=O)c2ccc(N3C(=O)C4CC=C(C)CC4C3=O)cc2)c1. The van der Waals surface area contributed by atoms with Crippen LogP contribution in [0.5, 0.6) is 5.75 Å². The fourth-order valence-electron chi connectivity index (χ4n) is 3.96. The van der Waals surface area contributed by atoms with E-state index in [-0.39, 0.29) is 29.6 Å². The Labute approximate surface area is 169 Å². The molecule has 1 aliphatic heterocycles. The zero-order valence-electron chi connectivity index (χ0n) is 16.3. The Morgan fingerprint density at radius 3 is 2.52 bits per heavy atom. The molecule has 1 fully saturated rings. The van der Waals surface area contributed by atoms with Crippen molar-refractivity contribution in [2.75, 3.05) is 17.3 Å². The van der Waals surface area contributed by atoms with Gasteiger partial charge in [0.25, 0.3) is 5.91 Å². The van der Waals surface area contributed by atoms with Gasteiger partial charge in [0.1, 0.15) is 5.75 Å². The van der Waals surface area contributed by atoms with Crippen molar-refractivity contribution in [1.29, 1.82) is 0 Å². The fourth-order valence-corrected chi connectivity index (χ4v) is 3.96. The van der Waals surface area contributed by atoms with Gasteiger partial charge in [-0.3, -0.25) is 19.3 Å². The van der Waals surface area contributed by atoms with E-state index in [9.17, 15) is 14.4 Å². The summed E-state index contributed by atoms with van der Waals surface area (Å²) in [4.78, 5) is 39.3. The number of nitrogens with zero attached hydrogens (tertiary/aromatic N) is 1. The van der Waals surface area contributed by atoms with Crippen molar-refractivity contribution in [3.63, 3.8) is 0 Å². The molecule has 6 heteroatoms. The zero-order chi connectivity index (χ0) is 20.5. The molecular weight excluding hydrogens is 368 g/mol. The molecule has 6 nitrogen and oxygen atoms in total. The minimum absolute atomic E-state index is 0.152. The summed E-state index contributed by atoms with van der Waals surface area (Å²) in [6, 6.07) is 13.6. The van der Waals surface area contributed by atoms with Gasteiger partial charge in [-0.05, 0) is 56.2 Å². The number of benzene rings is 2. The summed E-state index contributed by atoms with van der Waals surface area (Å²) in [5, 5.41) is 2.81. The Morgan fingerprint density at radius 1 is 1.07 bits per heavy atom. The number of methoxy groups -OCH3 is 1. The van der Waals surface area contributed by atoms with Crippen LogP contribution in [0, 0.1) is 11.8 Å². The van der Waals surface area contributed by atoms with E-state index < -0.39 is 0 Å². The number of amides is 3. The molecular formula is C23H22N2O4. The molecule has 1 saturated heterocycles. The van der Waals surface area contributed by atoms with Crippen molar-refractivity contribution < 1.29 is 19.1 Å². The van der Waals surface area contributed by atoms with Crippen LogP contribution in [0.2, 0.25) is 0 Å². The van der Waals surface area contributed by atoms with E-state index >= 15 is 0 Å². The first-order chi connectivity index (χ1) is 14.0. The van der Waals surface area contributed by atoms with Crippen LogP contribution in [0.15, 0.2) is 60.2 Å². The molecule has 1 N–H and O–H groups in total. The second kappa shape index (κ2) is 7.54. The number of imide groups is 1. The first-order valence-electron chi connectivity index (χ1n) is 9.57. The van der Waals surface area contributed by atoms with Gasteiger partial charge < -0.3 is 10.1 Å². The Morgan fingerprint density at radius 2 is 1.79 bits per heavy atom. The maximum atomic E-state index is 12.8. The van der Waals surface area contributed by atoms with Crippen molar-refractivity contribution in [2.24, 2.45) is 11.8 Å². The van der Waals surface area contributed by atoms with Gasteiger partial charge in [-0.1, -0.05) is 17.7 Å². The van der Waals surface area contributed by atoms with Gasteiger partial charge in [-0.25, -0.2) is 0 Å². The molecule has 2 aliphatic rings. The summed E-state index contributed by atoms with van der Waals surface area (Å²) in [6.07, 6.45) is 3.28. The highest BCUT2D eigenvalue weighted by atomic mass is 16.5. The number of hydrogen-bond acceptors (Lipinski definition) is 4. The van der Waals surface area contributed by atoms with Gasteiger partial charge in [0.2, 0.25) is 11.8 Å². The third-order valence-electron chi connectivity index (χ3n) is 5.54. The number of fused-ring (bicyclic) bond motifs is 1. The molecule has 2 aromatic carbocycles. The van der Waals surface area contributed by atoms with Gasteiger partial charge in [-0.2, -0.15) is 0 Å². The van der Waals surface area contributed by atoms with E-state index in [4.69, 9.17) is 4.74 Å². The van der Waals surface area contributed by atoms with Gasteiger partial charge in [0, 0.05) is 17.3 Å². The molecule has 0 spiro atoms. The van der Waals surface area contributed by atoms with Crippen LogP contribution < -0.4 is 15.0 Å². The highest BCUT2D eigenvalue weighted by Gasteiger charge is 2.48. The van der Waals surface area contributed by atoms with Crippen LogP contribution in [0.1, 0.15) is 30.1 Å². The topological polar surface area (TPSA) is 75.7 Å². The molecule has 3 amide bonds. The first-order valence-corrected chi connectivity index (χ1v) is 9.57. The minimum atomic E-state index is -0.280. The number of allylic oxidation sites excluding steroid dienone is 2. The van der Waals surface area contributed by atoms with E-state index in [1.807, 2.05) is 13.0 Å². The summed E-state index contributed by atoms with van der Waals surface area (Å²) >= 11 is 0. The normalized spacial score (nSPS) is 20.9. The largest absolute Gasteiger partial charge is 0.497 e. The maximum Gasteiger partial charge on any atom is 0.255 e. The van der Waals surface area contributed by atoms with E-state index in [2.05, 4.69) is 5.32 Å². The minimum Gasteiger partial charge on any atom is -0.497 e. The smallest absolute Gasteiger partial charge is 0.255 e. The first kappa shape index (κ1) is 18.9. The second-order valence-electron chi connectivity index (χ2n) is 7.45. The molecule has 1 aliphatic carbocycles. The van der Waals surface area contributed by atoms with Crippen LogP contribution in [0.4, 0.5) is 11.4 Å². The van der Waals surface area contributed by atoms with Crippen LogP contribution in [-0.2, 0) is 9.59 Å². The number of anilines is 2. The predicted octanol–water partition coefficient (Wildman–Crippen LogP) is 3.79. The molecule has 0 aromatic heterocycles. The summed E-state index contributed by atoms with van der Waals surface area (Å²) in [7, 11) is 1.56. The Bertz CT molecular complexity index is 1010. The third-order valence-corrected chi connectivity index (χ3v) is 5.54. The number of hydrogen-bond donors (Lipinski definition) is 1. The summed E-state index contributed by atoms with van der Waals surface area (Å²) in [6.45, 7) is 1.99. The Balaban J connectivity index is 1.50. The van der Waals surface area contributed by atoms with Crippen molar-refractivity contribution in [3.8, 4) is 5.75 Å². The van der Waals surface area contributed by atoms with Gasteiger partial charge in [-0.15, -0.1) is 0 Å². The Hall–Kier alpha value is -3.41. The molecule has 0 saturated carbocycles. The standard InChI is InChI=1S/C23H22N2O4/c1-14-6-11-19-20(12-14)23(28)25(22(19)27)17-9-7-15(8-10-17)21(26)24-16-4-3-5-18(13-16)29-2/h3-10,13,19-20H,11-12H2,1-2H3,(H,24,26). The quantitative estimate of drug-likeness (QED) is 0.637. The van der Waals surface area contributed by atoms with Crippen molar-refractivity contribution >= 4 is 29.1 Å². The Kier molecular flexibility index (Phi) is 4.92. The van der Waals surface area contributed by atoms with E-state index in [0.29, 0.717) is 35.5 Å². The number of carbonyl (C=O) groups is 3. The lowest BCUT2D eigenvalue weighted by atomic mass is 9.82. The number of carbonyl (C=O) groups excluding carboxylic acids is 3. The molecule has 2 atom stereocenters. The monoisotopic (exact) mass is 390 g/mol. The number of rotatable bonds is 4. The molecule has 1 heterocycles. The summed E-state index contributed by atoms with van der Waals surface area (Å²) < 4.78 is 5.16. The number of nitrogens with one attached hydrogen (secondary N) is 1. The average molecular weight is 390 g/mol. The van der Waals surface area contributed by atoms with Gasteiger partial charge in [0.15, 0.2) is 0 Å². The summed E-state index contributed by atoms with van der Waals surface area (Å²) in [5.74, 6) is -0.489. The lowest BCUT2D eigenvalue weighted by molar-refractivity contribution is -0.122. The molecule has 148 valence electrons. The second-order valence-corrected chi connectivity index (χ2v) is 7.45. The van der Waals surface area contributed by atoms with E-state index in [0.717, 1.165) is 5.57 Å². The lowest BCUT2D eigenvalue weighted by Crippen LogP contribution is -2.30. The maximum absolute atomic E-state index is 12.8. The molecule has 4 rings (SSSR count). The van der Waals surface area contributed by atoms with Crippen molar-refractivity contribution in [1.82, 2.24) is 0 Å². The van der Waals surface area contributed by atoms with E-state index in [1.54, 1.807) is 55.6 Å². The van der Waals surface area contributed by atoms with Gasteiger partial charge >= 0.3 is 0 Å². The average Bonchev–Trinajstić information content (AvgIpc) is 2.98. The van der Waals surface area contributed by atoms with Crippen LogP contribution in [0.25, 0.3) is 0 Å². The van der Waals surface area contributed by atoms with Crippen molar-refractivity contribution in [2.45, 2.75) is 19.8 Å². The van der Waals surface area contributed by atoms with Crippen LogP contribution >= 0.6 is 0 Å². The third kappa shape index (κ3) is 3.53. The molecule has 2 unspecified atom stereocenters. The highest BCUT2D eigenvalue weighted by molar-refractivity contribution is 6.22. The zero-order valence-corrected chi connectivity index (χ0v) is 16.3. The predicted molar refractivity (Wildman–Crippen MR) is 110 cm³/mol. The summed E-state index contributed by atoms with van der Waals surface area (Å²) in [5.41, 5.74) is 2.71. The number of ether oxygens (including phenoxy) is 1. The van der Waals surface area contributed by atoms with Crippen LogP contribution in [-0.4, -0.2) is 24.8 Å². The van der Waals surface area contributed by atoms with E-state index in [1.165, 1.54) is 4.90 Å². The highest BCUT2D eigenvalue weighted by Crippen LogP contribution is 2.39. The molecule has 2 aromatic rings. The molecule has 0 radical (unpaired) electrons. The molecule has 0 bridgehead atoms. The lowest BCUT2D eigenvalue weighted by Gasteiger charge is -2.18. The van der Waals surface area contributed by atoms with Crippen LogP contribution in [0.3, 0.4) is 0 Å². The van der Waals surface area contributed by atoms with Gasteiger partial charge in [0.05, 0.1) is 24.6 Å². The van der Waals surface area contributed by atoms with Crippen molar-refractivity contribution in [3.05, 3.63) is 65.7 Å². The molecule has 29 heavy (non-hydrogen) atoms.